The quantitative estimate of drug-likeness (QED) is 0.128. The third-order valence-corrected chi connectivity index (χ3v) is 6.56. The average molecular weight is 528 g/mol. The number of para-hydroxylation sites is 1. The number of methoxy groups -OCH3 is 5. The molecule has 0 atom stereocenters. The van der Waals surface area contributed by atoms with Crippen LogP contribution in [0.3, 0.4) is 0 Å². The largest absolute Gasteiger partial charge is 0.493 e. The van der Waals surface area contributed by atoms with Crippen LogP contribution in [0.2, 0.25) is 0 Å². The van der Waals surface area contributed by atoms with Crippen molar-refractivity contribution in [2.45, 2.75) is 6.42 Å². The minimum absolute atomic E-state index is 0.0400. The Kier molecular flexibility index (Phi) is 8.61. The molecule has 4 aromatic rings. The number of ketones is 1. The molecule has 1 heterocycles. The van der Waals surface area contributed by atoms with Crippen molar-refractivity contribution in [2.75, 3.05) is 35.5 Å². The molecule has 3 aromatic carbocycles. The fourth-order valence-corrected chi connectivity index (χ4v) is 4.57. The summed E-state index contributed by atoms with van der Waals surface area (Å²) in [5.41, 5.74) is 4.46. The maximum Gasteiger partial charge on any atom is 0.203 e. The number of fused-ring (bicyclic) bond motifs is 1. The average Bonchev–Trinajstić information content (AvgIpc) is 3.31. The second-order valence-electron chi connectivity index (χ2n) is 8.84. The summed E-state index contributed by atoms with van der Waals surface area (Å²) in [7, 11) is 9.90. The molecule has 0 spiro atoms. The van der Waals surface area contributed by atoms with E-state index in [0.717, 1.165) is 27.6 Å². The molecule has 0 saturated heterocycles. The number of aryl methyl sites for hydroxylation is 1. The zero-order valence-corrected chi connectivity index (χ0v) is 23.1. The number of benzene rings is 3. The Bertz CT molecular complexity index is 1520. The Labute approximate surface area is 228 Å². The summed E-state index contributed by atoms with van der Waals surface area (Å²) in [5, 5.41) is 0.940. The summed E-state index contributed by atoms with van der Waals surface area (Å²) in [4.78, 5) is 13.1. The van der Waals surface area contributed by atoms with Gasteiger partial charge in [0.2, 0.25) is 5.75 Å². The molecule has 4 rings (SSSR count). The lowest BCUT2D eigenvalue weighted by Gasteiger charge is -2.14. The van der Waals surface area contributed by atoms with Crippen LogP contribution < -0.4 is 23.7 Å². The van der Waals surface area contributed by atoms with Gasteiger partial charge in [0.25, 0.3) is 0 Å². The molecule has 0 N–H and O–H groups in total. The first kappa shape index (κ1) is 27.4. The lowest BCUT2D eigenvalue weighted by molar-refractivity contribution is 0.104. The van der Waals surface area contributed by atoms with Crippen molar-refractivity contribution in [3.8, 4) is 28.7 Å². The van der Waals surface area contributed by atoms with Crippen molar-refractivity contribution in [1.29, 1.82) is 0 Å². The molecular weight excluding hydrogens is 494 g/mol. The molecule has 7 nitrogen and oxygen atoms in total. The number of carbonyl (C=O) groups is 1. The number of hydrogen-bond acceptors (Lipinski definition) is 6. The SMILES string of the molecule is COc1cc(/C=C\c2cc(OC)c(OC)c(OC)c2)c(C/C=C\C(=O)c2cn(C)c3ccccc23)cc1OC. The minimum Gasteiger partial charge on any atom is -0.493 e. The lowest BCUT2D eigenvalue weighted by atomic mass is 10.0. The molecule has 0 unspecified atom stereocenters. The van der Waals surface area contributed by atoms with Gasteiger partial charge < -0.3 is 28.3 Å². The minimum atomic E-state index is -0.0400. The highest BCUT2D eigenvalue weighted by atomic mass is 16.5. The van der Waals surface area contributed by atoms with Crippen molar-refractivity contribution in [3.63, 3.8) is 0 Å². The van der Waals surface area contributed by atoms with Crippen LogP contribution in [0, 0.1) is 0 Å². The predicted molar refractivity (Wildman–Crippen MR) is 155 cm³/mol. The number of nitrogens with zero attached hydrogens (tertiary/aromatic N) is 1. The van der Waals surface area contributed by atoms with E-state index in [0.29, 0.717) is 40.7 Å². The zero-order chi connectivity index (χ0) is 27.9. The van der Waals surface area contributed by atoms with E-state index in [4.69, 9.17) is 23.7 Å². The van der Waals surface area contributed by atoms with Crippen molar-refractivity contribution in [3.05, 3.63) is 89.1 Å². The molecule has 0 fully saturated rings. The molecular formula is C32H33NO6. The van der Waals surface area contributed by atoms with Crippen LogP contribution in [0.5, 0.6) is 28.7 Å². The van der Waals surface area contributed by atoms with E-state index in [9.17, 15) is 4.79 Å². The Hall–Kier alpha value is -4.65. The highest BCUT2D eigenvalue weighted by molar-refractivity contribution is 6.13. The molecule has 0 aliphatic heterocycles. The van der Waals surface area contributed by atoms with Gasteiger partial charge in [0.15, 0.2) is 28.8 Å². The van der Waals surface area contributed by atoms with Crippen molar-refractivity contribution < 1.29 is 28.5 Å². The van der Waals surface area contributed by atoms with Crippen LogP contribution in [0.1, 0.15) is 27.0 Å². The van der Waals surface area contributed by atoms with Gasteiger partial charge in [-0.1, -0.05) is 36.4 Å². The first-order chi connectivity index (χ1) is 18.9. The van der Waals surface area contributed by atoms with E-state index in [1.165, 1.54) is 0 Å². The van der Waals surface area contributed by atoms with Gasteiger partial charge in [0.1, 0.15) is 0 Å². The number of hydrogen-bond donors (Lipinski definition) is 0. The normalized spacial score (nSPS) is 11.3. The van der Waals surface area contributed by atoms with E-state index in [2.05, 4.69) is 0 Å². The molecule has 0 aliphatic carbocycles. The molecule has 0 radical (unpaired) electrons. The molecule has 39 heavy (non-hydrogen) atoms. The number of ether oxygens (including phenoxy) is 5. The number of allylic oxidation sites excluding steroid dienone is 2. The van der Waals surface area contributed by atoms with Crippen LogP contribution in [-0.2, 0) is 13.5 Å². The standard InChI is InChI=1S/C32H33NO6/c1-33-20-25(24-11-7-8-12-26(24)33)27(34)13-9-10-22-18-28(35-2)29(36-3)19-23(22)15-14-21-16-30(37-4)32(39-6)31(17-21)38-5/h7-9,11-20H,10H2,1-6H3/b13-9-,15-14-. The summed E-state index contributed by atoms with van der Waals surface area (Å²) < 4.78 is 29.4. The predicted octanol–water partition coefficient (Wildman–Crippen LogP) is 6.37. The van der Waals surface area contributed by atoms with Gasteiger partial charge in [-0.15, -0.1) is 0 Å². The van der Waals surface area contributed by atoms with Crippen molar-refractivity contribution in [1.82, 2.24) is 4.57 Å². The van der Waals surface area contributed by atoms with Gasteiger partial charge in [0.05, 0.1) is 35.5 Å². The first-order valence-corrected chi connectivity index (χ1v) is 12.4. The molecule has 0 amide bonds. The lowest BCUT2D eigenvalue weighted by Crippen LogP contribution is -1.97. The highest BCUT2D eigenvalue weighted by Gasteiger charge is 2.14. The molecule has 0 aliphatic rings. The summed E-state index contributed by atoms with van der Waals surface area (Å²) in [6, 6.07) is 15.5. The Balaban J connectivity index is 1.65. The van der Waals surface area contributed by atoms with Crippen LogP contribution in [0.15, 0.2) is 66.9 Å². The van der Waals surface area contributed by atoms with E-state index in [1.54, 1.807) is 41.6 Å². The van der Waals surface area contributed by atoms with Crippen molar-refractivity contribution >= 4 is 28.8 Å². The second kappa shape index (κ2) is 12.3. The van der Waals surface area contributed by atoms with E-state index in [-0.39, 0.29) is 5.78 Å². The maximum absolute atomic E-state index is 13.1. The zero-order valence-electron chi connectivity index (χ0n) is 23.1. The fourth-order valence-electron chi connectivity index (χ4n) is 4.57. The Morgan fingerprint density at radius 2 is 1.44 bits per heavy atom. The van der Waals surface area contributed by atoms with Crippen LogP contribution in [-0.4, -0.2) is 45.9 Å². The highest BCUT2D eigenvalue weighted by Crippen LogP contribution is 2.39. The third kappa shape index (κ3) is 5.77. The first-order valence-electron chi connectivity index (χ1n) is 12.4. The molecule has 7 heteroatoms. The van der Waals surface area contributed by atoms with Crippen LogP contribution in [0.25, 0.3) is 23.1 Å². The van der Waals surface area contributed by atoms with Crippen LogP contribution in [0.4, 0.5) is 0 Å². The Morgan fingerprint density at radius 1 is 0.795 bits per heavy atom. The monoisotopic (exact) mass is 527 g/mol. The second-order valence-corrected chi connectivity index (χ2v) is 8.84. The maximum atomic E-state index is 13.1. The molecule has 202 valence electrons. The third-order valence-electron chi connectivity index (χ3n) is 6.56. The van der Waals surface area contributed by atoms with Gasteiger partial charge in [-0.3, -0.25) is 4.79 Å². The Morgan fingerprint density at radius 3 is 2.08 bits per heavy atom. The van der Waals surface area contributed by atoms with Crippen LogP contribution >= 0.6 is 0 Å². The summed E-state index contributed by atoms with van der Waals surface area (Å²) in [5.74, 6) is 2.86. The van der Waals surface area contributed by atoms with Gasteiger partial charge in [0, 0.05) is 29.7 Å². The van der Waals surface area contributed by atoms with E-state index >= 15 is 0 Å². The van der Waals surface area contributed by atoms with Gasteiger partial charge in [-0.2, -0.15) is 0 Å². The number of aromatic nitrogens is 1. The smallest absolute Gasteiger partial charge is 0.203 e. The topological polar surface area (TPSA) is 68.2 Å². The summed E-state index contributed by atoms with van der Waals surface area (Å²) in [6.07, 6.45) is 9.84. The molecule has 0 saturated carbocycles. The number of carbonyl (C=O) groups excluding carboxylic acids is 1. The van der Waals surface area contributed by atoms with Gasteiger partial charge in [-0.05, 0) is 59.5 Å². The van der Waals surface area contributed by atoms with Gasteiger partial charge >= 0.3 is 0 Å². The molecule has 0 bridgehead atoms. The fraction of sp³-hybridized carbons (Fsp3) is 0.219. The summed E-state index contributed by atoms with van der Waals surface area (Å²) in [6.45, 7) is 0. The number of rotatable bonds is 11. The molecule has 1 aromatic heterocycles. The van der Waals surface area contributed by atoms with E-state index < -0.39 is 0 Å². The van der Waals surface area contributed by atoms with E-state index in [1.807, 2.05) is 84.6 Å². The van der Waals surface area contributed by atoms with Crippen molar-refractivity contribution in [2.24, 2.45) is 7.05 Å². The summed E-state index contributed by atoms with van der Waals surface area (Å²) >= 11 is 0. The van der Waals surface area contributed by atoms with Gasteiger partial charge in [-0.25, -0.2) is 0 Å².